The van der Waals surface area contributed by atoms with E-state index in [2.05, 4.69) is 24.3 Å². The number of hydrogen-bond acceptors (Lipinski definition) is 3. The summed E-state index contributed by atoms with van der Waals surface area (Å²) >= 11 is 0. The molecule has 0 saturated carbocycles. The second-order valence-electron chi connectivity index (χ2n) is 7.73. The summed E-state index contributed by atoms with van der Waals surface area (Å²) in [5, 5.41) is 0. The van der Waals surface area contributed by atoms with Gasteiger partial charge in [-0.1, -0.05) is 54.6 Å². The van der Waals surface area contributed by atoms with Crippen LogP contribution in [0, 0.1) is 5.41 Å². The maximum Gasteiger partial charge on any atom is 0.336 e. The summed E-state index contributed by atoms with van der Waals surface area (Å²) in [4.78, 5) is 27.1. The highest BCUT2D eigenvalue weighted by Crippen LogP contribution is 2.53. The maximum atomic E-state index is 12.9. The Hall–Kier alpha value is -2.88. The number of carbonyl (C=O) groups is 2. The molecule has 1 aliphatic carbocycles. The molecule has 2 aliphatic rings. The van der Waals surface area contributed by atoms with Crippen LogP contribution in [0.2, 0.25) is 0 Å². The quantitative estimate of drug-likeness (QED) is 0.752. The summed E-state index contributed by atoms with van der Waals surface area (Å²) < 4.78 is 5.41. The number of amides is 1. The standard InChI is InChI=1S/C24H25NO3/c1-3-28-23(27)21-16-25(17(2)26)22-15-24(21,13-18-9-5-4-6-10-18)14-19-11-7-8-12-20(19)22/h4-12,16,22H,3,13-15H2,1-2H3. The van der Waals surface area contributed by atoms with Gasteiger partial charge in [-0.05, 0) is 42.9 Å². The van der Waals surface area contributed by atoms with Gasteiger partial charge in [-0.3, -0.25) is 4.79 Å². The largest absolute Gasteiger partial charge is 0.463 e. The van der Waals surface area contributed by atoms with E-state index in [0.29, 0.717) is 12.2 Å². The van der Waals surface area contributed by atoms with Crippen molar-refractivity contribution in [2.24, 2.45) is 5.41 Å². The number of esters is 1. The van der Waals surface area contributed by atoms with Crippen molar-refractivity contribution in [2.75, 3.05) is 6.61 Å². The molecule has 4 nitrogen and oxygen atoms in total. The summed E-state index contributed by atoms with van der Waals surface area (Å²) in [5.41, 5.74) is 3.81. The Labute approximate surface area is 165 Å². The van der Waals surface area contributed by atoms with Gasteiger partial charge in [-0.15, -0.1) is 0 Å². The zero-order valence-electron chi connectivity index (χ0n) is 16.4. The van der Waals surface area contributed by atoms with Crippen molar-refractivity contribution < 1.29 is 14.3 Å². The molecular weight excluding hydrogens is 350 g/mol. The van der Waals surface area contributed by atoms with Crippen LogP contribution >= 0.6 is 0 Å². The van der Waals surface area contributed by atoms with E-state index >= 15 is 0 Å². The van der Waals surface area contributed by atoms with Crippen LogP contribution in [0.15, 0.2) is 66.4 Å². The lowest BCUT2D eigenvalue weighted by Gasteiger charge is -2.49. The molecule has 0 saturated heterocycles. The molecule has 2 atom stereocenters. The molecule has 2 bridgehead atoms. The monoisotopic (exact) mass is 375 g/mol. The summed E-state index contributed by atoms with van der Waals surface area (Å²) in [6.45, 7) is 3.69. The van der Waals surface area contributed by atoms with Crippen molar-refractivity contribution in [1.82, 2.24) is 4.90 Å². The molecule has 0 fully saturated rings. The Morgan fingerprint density at radius 2 is 1.82 bits per heavy atom. The van der Waals surface area contributed by atoms with E-state index in [-0.39, 0.29) is 23.3 Å². The van der Waals surface area contributed by atoms with Crippen LogP contribution in [-0.2, 0) is 27.2 Å². The van der Waals surface area contributed by atoms with Gasteiger partial charge in [0.05, 0.1) is 18.2 Å². The Bertz CT molecular complexity index is 934. The average molecular weight is 375 g/mol. The molecule has 0 aromatic heterocycles. The summed E-state index contributed by atoms with van der Waals surface area (Å²) in [7, 11) is 0. The second kappa shape index (κ2) is 7.27. The van der Waals surface area contributed by atoms with Crippen molar-refractivity contribution in [3.8, 4) is 0 Å². The minimum absolute atomic E-state index is 0.0515. The van der Waals surface area contributed by atoms with Crippen molar-refractivity contribution in [3.05, 3.63) is 83.1 Å². The fourth-order valence-electron chi connectivity index (χ4n) is 4.76. The van der Waals surface area contributed by atoms with E-state index in [0.717, 1.165) is 19.3 Å². The molecule has 0 spiro atoms. The Morgan fingerprint density at radius 1 is 1.11 bits per heavy atom. The minimum Gasteiger partial charge on any atom is -0.463 e. The molecule has 4 heteroatoms. The normalized spacial score (nSPS) is 22.9. The third kappa shape index (κ3) is 3.13. The van der Waals surface area contributed by atoms with Gasteiger partial charge in [0.2, 0.25) is 5.91 Å². The molecule has 28 heavy (non-hydrogen) atoms. The number of ether oxygens (including phenoxy) is 1. The average Bonchev–Trinajstić information content (AvgIpc) is 2.68. The maximum absolute atomic E-state index is 12.9. The Morgan fingerprint density at radius 3 is 2.54 bits per heavy atom. The second-order valence-corrected chi connectivity index (χ2v) is 7.73. The molecule has 2 aromatic rings. The van der Waals surface area contributed by atoms with Gasteiger partial charge in [0.15, 0.2) is 0 Å². The predicted molar refractivity (Wildman–Crippen MR) is 107 cm³/mol. The van der Waals surface area contributed by atoms with Gasteiger partial charge >= 0.3 is 5.97 Å². The highest BCUT2D eigenvalue weighted by atomic mass is 16.5. The fraction of sp³-hybridized carbons (Fsp3) is 0.333. The van der Waals surface area contributed by atoms with E-state index in [4.69, 9.17) is 4.74 Å². The van der Waals surface area contributed by atoms with Crippen LogP contribution in [0.5, 0.6) is 0 Å². The molecule has 1 aliphatic heterocycles. The number of fused-ring (bicyclic) bond motifs is 4. The van der Waals surface area contributed by atoms with Crippen LogP contribution in [0.1, 0.15) is 43.0 Å². The Kier molecular flexibility index (Phi) is 4.80. The van der Waals surface area contributed by atoms with Crippen LogP contribution in [0.3, 0.4) is 0 Å². The lowest BCUT2D eigenvalue weighted by molar-refractivity contribution is -0.141. The van der Waals surface area contributed by atoms with E-state index in [9.17, 15) is 9.59 Å². The lowest BCUT2D eigenvalue weighted by Crippen LogP contribution is -2.47. The molecule has 1 amide bonds. The topological polar surface area (TPSA) is 46.6 Å². The first kappa shape index (κ1) is 18.5. The number of nitrogens with zero attached hydrogens (tertiary/aromatic N) is 1. The van der Waals surface area contributed by atoms with Crippen molar-refractivity contribution in [1.29, 1.82) is 0 Å². The first-order valence-corrected chi connectivity index (χ1v) is 9.84. The van der Waals surface area contributed by atoms with Crippen molar-refractivity contribution in [2.45, 2.75) is 39.2 Å². The minimum atomic E-state index is -0.376. The fourth-order valence-corrected chi connectivity index (χ4v) is 4.76. The van der Waals surface area contributed by atoms with Crippen LogP contribution in [0.25, 0.3) is 0 Å². The van der Waals surface area contributed by atoms with E-state index in [1.807, 2.05) is 37.3 Å². The summed E-state index contributed by atoms with van der Waals surface area (Å²) in [6.07, 6.45) is 4.00. The van der Waals surface area contributed by atoms with Gasteiger partial charge in [0.1, 0.15) is 0 Å². The van der Waals surface area contributed by atoms with E-state index in [1.54, 1.807) is 18.0 Å². The van der Waals surface area contributed by atoms with Crippen LogP contribution in [0.4, 0.5) is 0 Å². The van der Waals surface area contributed by atoms with Crippen LogP contribution in [-0.4, -0.2) is 23.4 Å². The molecule has 2 aromatic carbocycles. The van der Waals surface area contributed by atoms with Crippen LogP contribution < -0.4 is 0 Å². The molecule has 0 N–H and O–H groups in total. The SMILES string of the molecule is CCOC(=O)C1=CN(C(C)=O)C2CC1(Cc1ccccc1)Cc1ccccc12. The third-order valence-corrected chi connectivity index (χ3v) is 5.95. The summed E-state index contributed by atoms with van der Waals surface area (Å²) in [5.74, 6) is -0.376. The first-order chi connectivity index (χ1) is 13.5. The Balaban J connectivity index is 1.87. The predicted octanol–water partition coefficient (Wildman–Crippen LogP) is 4.21. The van der Waals surface area contributed by atoms with Crippen molar-refractivity contribution >= 4 is 11.9 Å². The highest BCUT2D eigenvalue weighted by Gasteiger charge is 2.50. The zero-order chi connectivity index (χ0) is 19.7. The lowest BCUT2D eigenvalue weighted by atomic mass is 9.61. The number of benzene rings is 2. The van der Waals surface area contributed by atoms with Gasteiger partial charge in [-0.25, -0.2) is 4.79 Å². The number of rotatable bonds is 4. The molecule has 144 valence electrons. The van der Waals surface area contributed by atoms with E-state index < -0.39 is 0 Å². The number of hydrogen-bond donors (Lipinski definition) is 0. The smallest absolute Gasteiger partial charge is 0.336 e. The third-order valence-electron chi connectivity index (χ3n) is 5.95. The zero-order valence-corrected chi connectivity index (χ0v) is 16.4. The van der Waals surface area contributed by atoms with Crippen molar-refractivity contribution in [3.63, 3.8) is 0 Å². The molecular formula is C24H25NO3. The van der Waals surface area contributed by atoms with Gasteiger partial charge < -0.3 is 9.64 Å². The first-order valence-electron chi connectivity index (χ1n) is 9.84. The van der Waals surface area contributed by atoms with Gasteiger partial charge in [0, 0.05) is 18.5 Å². The molecule has 0 radical (unpaired) electrons. The van der Waals surface area contributed by atoms with E-state index in [1.165, 1.54) is 16.7 Å². The summed E-state index contributed by atoms with van der Waals surface area (Å²) in [6, 6.07) is 18.5. The highest BCUT2D eigenvalue weighted by molar-refractivity contribution is 5.92. The van der Waals surface area contributed by atoms with Gasteiger partial charge in [-0.2, -0.15) is 0 Å². The molecule has 4 rings (SSSR count). The van der Waals surface area contributed by atoms with Gasteiger partial charge in [0.25, 0.3) is 0 Å². The number of carbonyl (C=O) groups excluding carboxylic acids is 2. The molecule has 1 heterocycles. The molecule has 2 unspecified atom stereocenters.